The Balaban J connectivity index is 3.83. The van der Waals surface area contributed by atoms with E-state index in [2.05, 4.69) is 5.32 Å². The van der Waals surface area contributed by atoms with Crippen molar-refractivity contribution in [2.24, 2.45) is 5.73 Å². The molecule has 2 atom stereocenters. The van der Waals surface area contributed by atoms with Crippen LogP contribution in [0.4, 0.5) is 0 Å². The van der Waals surface area contributed by atoms with Gasteiger partial charge < -0.3 is 11.1 Å². The van der Waals surface area contributed by atoms with Crippen LogP contribution in [0.2, 0.25) is 0 Å². The maximum atomic E-state index is 11.7. The van der Waals surface area contributed by atoms with Crippen LogP contribution in [0, 0.1) is 0 Å². The van der Waals surface area contributed by atoms with Crippen molar-refractivity contribution >= 4 is 16.7 Å². The van der Waals surface area contributed by atoms with E-state index in [0.717, 1.165) is 6.42 Å². The third-order valence-corrected chi connectivity index (χ3v) is 4.15. The number of nitrogens with one attached hydrogen (secondary N) is 1. The van der Waals surface area contributed by atoms with Gasteiger partial charge >= 0.3 is 0 Å². The molecule has 0 saturated heterocycles. The topological polar surface area (TPSA) is 72.2 Å². The van der Waals surface area contributed by atoms with E-state index in [-0.39, 0.29) is 10.7 Å². The molecule has 4 nitrogen and oxygen atoms in total. The second kappa shape index (κ2) is 7.01. The van der Waals surface area contributed by atoms with Crippen LogP contribution in [0.1, 0.15) is 40.5 Å². The average Bonchev–Trinajstić information content (AvgIpc) is 2.16. The van der Waals surface area contributed by atoms with E-state index < -0.39 is 16.8 Å². The van der Waals surface area contributed by atoms with Crippen LogP contribution in [-0.4, -0.2) is 33.2 Å². The molecular formula is C11H24N2O2S. The maximum absolute atomic E-state index is 11.7. The van der Waals surface area contributed by atoms with Gasteiger partial charge in [0.1, 0.15) is 0 Å². The highest BCUT2D eigenvalue weighted by Gasteiger charge is 2.19. The van der Waals surface area contributed by atoms with Gasteiger partial charge in [-0.2, -0.15) is 0 Å². The minimum absolute atomic E-state index is 0.146. The monoisotopic (exact) mass is 248 g/mol. The molecule has 0 aromatic carbocycles. The lowest BCUT2D eigenvalue weighted by atomic mass is 10.2. The summed E-state index contributed by atoms with van der Waals surface area (Å²) in [4.78, 5) is 11.4. The molecule has 0 aliphatic heterocycles. The van der Waals surface area contributed by atoms with E-state index in [1.807, 2.05) is 27.7 Å². The molecule has 2 unspecified atom stereocenters. The predicted molar refractivity (Wildman–Crippen MR) is 68.7 cm³/mol. The fourth-order valence-electron chi connectivity index (χ4n) is 1.15. The Bertz CT molecular complexity index is 249. The number of rotatable bonds is 6. The first-order valence-electron chi connectivity index (χ1n) is 5.70. The lowest BCUT2D eigenvalue weighted by molar-refractivity contribution is -0.122. The van der Waals surface area contributed by atoms with Gasteiger partial charge in [0.05, 0.1) is 6.04 Å². The van der Waals surface area contributed by atoms with Crippen LogP contribution in [0.5, 0.6) is 0 Å². The Morgan fingerprint density at radius 2 is 2.00 bits per heavy atom. The molecule has 0 heterocycles. The van der Waals surface area contributed by atoms with E-state index in [1.165, 1.54) is 0 Å². The first kappa shape index (κ1) is 15.6. The van der Waals surface area contributed by atoms with Crippen molar-refractivity contribution < 1.29 is 9.00 Å². The molecule has 0 fully saturated rings. The highest BCUT2D eigenvalue weighted by Crippen LogP contribution is 2.10. The summed E-state index contributed by atoms with van der Waals surface area (Å²) >= 11 is 0. The molecule has 5 heteroatoms. The summed E-state index contributed by atoms with van der Waals surface area (Å²) in [7, 11) is -0.926. The second-order valence-corrected chi connectivity index (χ2v) is 7.17. The quantitative estimate of drug-likeness (QED) is 0.729. The Morgan fingerprint density at radius 1 is 1.44 bits per heavy atom. The minimum Gasteiger partial charge on any atom is -0.354 e. The van der Waals surface area contributed by atoms with Gasteiger partial charge in [0, 0.05) is 27.8 Å². The van der Waals surface area contributed by atoms with Crippen molar-refractivity contribution in [3.05, 3.63) is 0 Å². The Morgan fingerprint density at radius 3 is 2.44 bits per heavy atom. The molecule has 16 heavy (non-hydrogen) atoms. The molecule has 0 spiro atoms. The number of amides is 1. The zero-order chi connectivity index (χ0) is 12.8. The summed E-state index contributed by atoms with van der Waals surface area (Å²) < 4.78 is 11.4. The van der Waals surface area contributed by atoms with Gasteiger partial charge in [-0.3, -0.25) is 9.00 Å². The Kier molecular flexibility index (Phi) is 6.83. The van der Waals surface area contributed by atoms with Gasteiger partial charge in [-0.25, -0.2) is 0 Å². The van der Waals surface area contributed by atoms with Gasteiger partial charge in [0.2, 0.25) is 5.91 Å². The van der Waals surface area contributed by atoms with Crippen LogP contribution in [0.25, 0.3) is 0 Å². The highest BCUT2D eigenvalue weighted by molar-refractivity contribution is 7.86. The second-order valence-electron chi connectivity index (χ2n) is 4.85. The predicted octanol–water partition coefficient (Wildman–Crippen LogP) is 0.777. The third-order valence-electron chi connectivity index (χ3n) is 2.21. The summed E-state index contributed by atoms with van der Waals surface area (Å²) in [5.74, 6) is 0.335. The standard InChI is InChI=1S/C11H24N2O2S/c1-5-6-9(12)10(14)13-7-8-16(15)11(2,3)4/h9H,5-8,12H2,1-4H3,(H,13,14). The highest BCUT2D eigenvalue weighted by atomic mass is 32.2. The lowest BCUT2D eigenvalue weighted by Crippen LogP contribution is -2.42. The van der Waals surface area contributed by atoms with Crippen molar-refractivity contribution in [2.75, 3.05) is 12.3 Å². The SMILES string of the molecule is CCCC(N)C(=O)NCCS(=O)C(C)(C)C. The molecule has 0 aromatic heterocycles. The summed E-state index contributed by atoms with van der Waals surface area (Å²) in [5, 5.41) is 2.71. The van der Waals surface area contributed by atoms with Gasteiger partial charge in [-0.05, 0) is 27.2 Å². The molecule has 0 aromatic rings. The van der Waals surface area contributed by atoms with Crippen molar-refractivity contribution in [2.45, 2.75) is 51.3 Å². The zero-order valence-corrected chi connectivity index (χ0v) is 11.5. The Labute approximate surface area is 101 Å². The molecule has 0 aliphatic rings. The normalized spacial score (nSPS) is 15.6. The average molecular weight is 248 g/mol. The Hall–Kier alpha value is -0.420. The molecule has 1 amide bonds. The number of hydrogen-bond donors (Lipinski definition) is 2. The first-order valence-corrected chi connectivity index (χ1v) is 7.02. The lowest BCUT2D eigenvalue weighted by Gasteiger charge is -2.18. The summed E-state index contributed by atoms with van der Waals surface area (Å²) in [6.45, 7) is 8.19. The molecule has 3 N–H and O–H groups in total. The van der Waals surface area contributed by atoms with Crippen LogP contribution in [-0.2, 0) is 15.6 Å². The van der Waals surface area contributed by atoms with Crippen LogP contribution in [0.15, 0.2) is 0 Å². The molecule has 0 aliphatic carbocycles. The molecule has 0 saturated carbocycles. The fraction of sp³-hybridized carbons (Fsp3) is 0.909. The van der Waals surface area contributed by atoms with Crippen molar-refractivity contribution in [3.63, 3.8) is 0 Å². The van der Waals surface area contributed by atoms with Crippen molar-refractivity contribution in [3.8, 4) is 0 Å². The summed E-state index contributed by atoms with van der Waals surface area (Å²) in [6.07, 6.45) is 1.58. The molecule has 0 rings (SSSR count). The van der Waals surface area contributed by atoms with Gasteiger partial charge in [0.25, 0.3) is 0 Å². The van der Waals surface area contributed by atoms with E-state index in [9.17, 15) is 9.00 Å². The third kappa shape index (κ3) is 6.23. The minimum atomic E-state index is -0.926. The van der Waals surface area contributed by atoms with Crippen LogP contribution in [0.3, 0.4) is 0 Å². The fourth-order valence-corrected chi connectivity index (χ4v) is 2.05. The summed E-state index contributed by atoms with van der Waals surface area (Å²) in [5.41, 5.74) is 5.64. The van der Waals surface area contributed by atoms with E-state index in [1.54, 1.807) is 0 Å². The molecular weight excluding hydrogens is 224 g/mol. The largest absolute Gasteiger partial charge is 0.354 e. The number of carbonyl (C=O) groups is 1. The van der Waals surface area contributed by atoms with E-state index >= 15 is 0 Å². The van der Waals surface area contributed by atoms with Crippen molar-refractivity contribution in [1.82, 2.24) is 5.32 Å². The smallest absolute Gasteiger partial charge is 0.236 e. The number of nitrogens with two attached hydrogens (primary N) is 1. The number of carbonyl (C=O) groups excluding carboxylic acids is 1. The van der Waals surface area contributed by atoms with Gasteiger partial charge in [-0.15, -0.1) is 0 Å². The first-order chi connectivity index (χ1) is 7.29. The molecule has 0 bridgehead atoms. The summed E-state index contributed by atoms with van der Waals surface area (Å²) in [6, 6.07) is -0.437. The van der Waals surface area contributed by atoms with E-state index in [4.69, 9.17) is 5.73 Å². The van der Waals surface area contributed by atoms with Gasteiger partial charge in [0.15, 0.2) is 0 Å². The molecule has 96 valence electrons. The van der Waals surface area contributed by atoms with E-state index in [0.29, 0.717) is 18.7 Å². The van der Waals surface area contributed by atoms with Gasteiger partial charge in [-0.1, -0.05) is 13.3 Å². The van der Waals surface area contributed by atoms with Crippen molar-refractivity contribution in [1.29, 1.82) is 0 Å². The maximum Gasteiger partial charge on any atom is 0.236 e. The van der Waals surface area contributed by atoms with Crippen LogP contribution >= 0.6 is 0 Å². The van der Waals surface area contributed by atoms with Crippen LogP contribution < -0.4 is 11.1 Å². The molecule has 0 radical (unpaired) electrons. The zero-order valence-electron chi connectivity index (χ0n) is 10.7. The number of hydrogen-bond acceptors (Lipinski definition) is 3.